The number of benzene rings is 6. The Morgan fingerprint density at radius 2 is 0.765 bits per heavy atom. The van der Waals surface area contributed by atoms with Crippen molar-refractivity contribution in [3.8, 4) is 0 Å². The molecular weight excluding hydrogens is 1840 g/mol. The molecule has 6 aromatic carbocycles. The van der Waals surface area contributed by atoms with E-state index in [9.17, 15) is 46.7 Å². The molecule has 0 radical (unpaired) electrons. The predicted molar refractivity (Wildman–Crippen MR) is 521 cm³/mol. The Morgan fingerprint density at radius 3 is 1.11 bits per heavy atom. The smallest absolute Gasteiger partial charge is 0.412 e. The van der Waals surface area contributed by atoms with Crippen LogP contribution in [0.5, 0.6) is 0 Å². The second kappa shape index (κ2) is 54.7. The summed E-state index contributed by atoms with van der Waals surface area (Å²) in [5.41, 5.74) is 1.68. The molecule has 30 nitrogen and oxygen atoms in total. The molecule has 0 aliphatic carbocycles. The van der Waals surface area contributed by atoms with Crippen molar-refractivity contribution in [2.75, 3.05) is 83.1 Å². The Hall–Kier alpha value is -11.2. The Bertz CT molecular complexity index is 5510. The minimum atomic E-state index is -0.716. The topological polar surface area (TPSA) is 330 Å². The molecule has 0 unspecified atom stereocenters. The average molecular weight is 1950 g/mol. The van der Waals surface area contributed by atoms with Crippen LogP contribution in [0.4, 0.5) is 45.0 Å². The SMILES string of the molecule is C.CN(C(=O)CCc1cccc(F)c1Cl)[C@@H](CCC=O)COC(=O)Nc1cc2ccccc2cn1.CN(C(=O)CCc1cccc(F)c1Cl)[C@@H](CCCN1CCn2cnnc2C1)COC(=O)Nc1cc2ccccc2cn1.CN(C(=O)CCc1cccc(F)c1Cl)[C@@H](CCCN1CCn2cnnc2C1)COC(=O)Nc1cc2ccccc2cn1.Cl.S.S.S.c1nnc2n1CCCC2. The van der Waals surface area contributed by atoms with E-state index < -0.39 is 41.8 Å². The van der Waals surface area contributed by atoms with Gasteiger partial charge in [-0.15, -0.1) is 43.0 Å². The average Bonchev–Trinajstić information content (AvgIpc) is 1.61. The second-order valence-electron chi connectivity index (χ2n) is 30.9. The Labute approximate surface area is 806 Å². The van der Waals surface area contributed by atoms with E-state index in [1.807, 2.05) is 88.3 Å². The number of hydrogen-bond donors (Lipinski definition) is 3. The van der Waals surface area contributed by atoms with Crippen molar-refractivity contribution >= 4 is 180 Å². The van der Waals surface area contributed by atoms with Crippen molar-refractivity contribution in [3.63, 3.8) is 0 Å². The second-order valence-corrected chi connectivity index (χ2v) is 32.0. The number of nitrogens with zero attached hydrogens (tertiary/aromatic N) is 17. The first kappa shape index (κ1) is 108. The largest absolute Gasteiger partial charge is 0.447 e. The highest BCUT2D eigenvalue weighted by Crippen LogP contribution is 2.28. The number of ether oxygens (including phenoxy) is 3. The summed E-state index contributed by atoms with van der Waals surface area (Å²) < 4.78 is 64.0. The first-order valence-electron chi connectivity index (χ1n) is 42.0. The van der Waals surface area contributed by atoms with Crippen LogP contribution < -0.4 is 16.0 Å². The molecule has 706 valence electrons. The molecule has 6 aromatic heterocycles. The van der Waals surface area contributed by atoms with Crippen molar-refractivity contribution < 1.29 is 60.9 Å². The molecule has 132 heavy (non-hydrogen) atoms. The molecule has 6 amide bonds. The maximum absolute atomic E-state index is 13.9. The van der Waals surface area contributed by atoms with Gasteiger partial charge in [0.2, 0.25) is 17.7 Å². The highest BCUT2D eigenvalue weighted by Gasteiger charge is 2.29. The fourth-order valence-corrected chi connectivity index (χ4v) is 15.5. The number of nitrogens with one attached hydrogen (secondary N) is 3. The molecule has 3 N–H and O–H groups in total. The van der Waals surface area contributed by atoms with Gasteiger partial charge in [0, 0.05) is 121 Å². The monoisotopic (exact) mass is 1950 g/mol. The molecule has 0 saturated carbocycles. The molecule has 0 fully saturated rings. The van der Waals surface area contributed by atoms with E-state index in [0.717, 1.165) is 121 Å². The molecule has 3 aliphatic heterocycles. The van der Waals surface area contributed by atoms with Crippen LogP contribution in [0, 0.1) is 17.5 Å². The minimum absolute atomic E-state index is 0. The van der Waals surface area contributed by atoms with Crippen LogP contribution >= 0.6 is 87.7 Å². The van der Waals surface area contributed by atoms with Crippen molar-refractivity contribution in [1.82, 2.24) is 83.7 Å². The van der Waals surface area contributed by atoms with E-state index in [4.69, 9.17) is 49.0 Å². The lowest BCUT2D eigenvalue weighted by Crippen LogP contribution is -2.42. The van der Waals surface area contributed by atoms with Crippen LogP contribution in [0.3, 0.4) is 0 Å². The summed E-state index contributed by atoms with van der Waals surface area (Å²) in [5, 5.41) is 37.8. The van der Waals surface area contributed by atoms with Crippen molar-refractivity contribution in [1.29, 1.82) is 0 Å². The van der Waals surface area contributed by atoms with Gasteiger partial charge in [0.25, 0.3) is 0 Å². The van der Waals surface area contributed by atoms with E-state index in [2.05, 4.69) is 75.9 Å². The van der Waals surface area contributed by atoms with Crippen LogP contribution in [0.1, 0.15) is 112 Å². The zero-order chi connectivity index (χ0) is 89.6. The summed E-state index contributed by atoms with van der Waals surface area (Å²) in [4.78, 5) is 110. The van der Waals surface area contributed by atoms with Crippen LogP contribution in [-0.4, -0.2) is 211 Å². The molecule has 40 heteroatoms. The summed E-state index contributed by atoms with van der Waals surface area (Å²) in [6.07, 6.45) is 17.3. The lowest BCUT2D eigenvalue weighted by Gasteiger charge is -2.30. The zero-order valence-electron chi connectivity index (χ0n) is 72.6. The van der Waals surface area contributed by atoms with Gasteiger partial charge in [0.1, 0.15) is 97.5 Å². The number of amides is 6. The Kier molecular flexibility index (Phi) is 44.7. The third-order valence-corrected chi connectivity index (χ3v) is 23.6. The molecule has 0 spiro atoms. The highest BCUT2D eigenvalue weighted by atomic mass is 35.5. The van der Waals surface area contributed by atoms with Gasteiger partial charge in [0.15, 0.2) is 0 Å². The molecule has 12 aromatic rings. The highest BCUT2D eigenvalue weighted by molar-refractivity contribution is 7.59. The van der Waals surface area contributed by atoms with E-state index in [0.29, 0.717) is 79.3 Å². The third-order valence-electron chi connectivity index (χ3n) is 22.4. The molecule has 15 rings (SSSR count). The van der Waals surface area contributed by atoms with Crippen LogP contribution in [0.2, 0.25) is 15.1 Å². The first-order valence-corrected chi connectivity index (χ1v) is 43.1. The van der Waals surface area contributed by atoms with E-state index >= 15 is 0 Å². The van der Waals surface area contributed by atoms with Gasteiger partial charge in [-0.3, -0.25) is 40.1 Å². The van der Waals surface area contributed by atoms with E-state index in [-0.39, 0.29) is 157 Å². The maximum atomic E-state index is 13.9. The third kappa shape index (κ3) is 31.8. The van der Waals surface area contributed by atoms with E-state index in [1.54, 1.807) is 111 Å². The van der Waals surface area contributed by atoms with Gasteiger partial charge in [-0.2, -0.15) is 40.5 Å². The number of hydrogen-bond acceptors (Lipinski definition) is 21. The van der Waals surface area contributed by atoms with Crippen LogP contribution in [0.25, 0.3) is 32.3 Å². The number of aryl methyl sites for hydroxylation is 5. The standard InChI is InChI=1S/2C30H33ClFN7O3.C25H25ClFN3O4.C6H9N3.CH4.ClH.3H2S/c2*1-37(28(40)12-11-21-8-4-10-25(32)29(21)31)24(9-5-13-38-14-15-39-20-34-36-27(39)18-38)19-42-30(41)35-26-16-22-6-2-3-7-23(22)17-33-26;1-30(23(32)12-11-17-8-4-10-21(27)24(17)26)20(9-5-13-31)16-34-25(33)29-22-14-18-6-2-3-7-19(18)15-28-22;1-2-4-9-5-7-8-6(9)3-1;;;;;/h2*2-4,6-8,10,16-17,20,24H,5,9,11-15,18-19H2,1H3,(H,33,35,41);2-4,6-8,10,13-15,20H,5,9,11-12,16H2,1H3,(H,28,29,33);5H,1-4H2;1H4;1H;3*1H2/t2*24-;20-;;;;;;/m000....../s1. The fraction of sp³-hybridized carbons (Fsp3) is 0.370. The minimum Gasteiger partial charge on any atom is -0.447 e. The number of fused-ring (bicyclic) bond motifs is 6. The number of aromatic nitrogens is 12. The first-order chi connectivity index (χ1) is 61.6. The summed E-state index contributed by atoms with van der Waals surface area (Å²) >= 11 is 18.1. The summed E-state index contributed by atoms with van der Waals surface area (Å²) in [5.74, 6) is 2.03. The number of pyridine rings is 3. The van der Waals surface area contributed by atoms with Crippen molar-refractivity contribution in [2.24, 2.45) is 0 Å². The molecule has 0 saturated heterocycles. The Morgan fingerprint density at radius 1 is 0.439 bits per heavy atom. The number of anilines is 3. The summed E-state index contributed by atoms with van der Waals surface area (Å²) in [7, 11) is 4.99. The lowest BCUT2D eigenvalue weighted by atomic mass is 10.1. The van der Waals surface area contributed by atoms with Gasteiger partial charge in [-0.05, 0) is 147 Å². The normalized spacial score (nSPS) is 13.0. The van der Waals surface area contributed by atoms with E-state index in [1.165, 1.54) is 42.0 Å². The van der Waals surface area contributed by atoms with Crippen molar-refractivity contribution in [3.05, 3.63) is 250 Å². The van der Waals surface area contributed by atoms with Gasteiger partial charge in [-0.25, -0.2) is 42.5 Å². The van der Waals surface area contributed by atoms with Gasteiger partial charge < -0.3 is 47.4 Å². The zero-order valence-corrected chi connectivity index (χ0v) is 78.7. The number of carbonyl (C=O) groups excluding carboxylic acids is 7. The maximum Gasteiger partial charge on any atom is 0.412 e. The quantitative estimate of drug-likeness (QED) is 0.0260. The summed E-state index contributed by atoms with van der Waals surface area (Å²) in [6, 6.07) is 40.7. The lowest BCUT2D eigenvalue weighted by molar-refractivity contribution is -0.133. The van der Waals surface area contributed by atoms with Crippen molar-refractivity contribution in [2.45, 2.75) is 155 Å². The molecule has 9 heterocycles. The number of rotatable bonds is 32. The van der Waals surface area contributed by atoms with Gasteiger partial charge in [0.05, 0.1) is 46.3 Å². The molecule has 3 atom stereocenters. The summed E-state index contributed by atoms with van der Waals surface area (Å²) in [6.45, 7) is 7.50. The number of aldehydes is 1. The Balaban J connectivity index is 0.000000254. The number of halogens is 7. The van der Waals surface area contributed by atoms with Gasteiger partial charge in [-0.1, -0.05) is 151 Å². The molecular formula is C92H111Cl4F3N20O10S3. The number of likely N-dealkylation sites (N-methyl/N-ethyl adjacent to an activating group) is 3. The van der Waals surface area contributed by atoms with Gasteiger partial charge >= 0.3 is 18.3 Å². The van der Waals surface area contributed by atoms with Crippen LogP contribution in [0.15, 0.2) is 183 Å². The molecule has 3 aliphatic rings. The fourth-order valence-electron chi connectivity index (χ4n) is 14.8. The number of carbonyl (C=O) groups is 7. The predicted octanol–water partition coefficient (Wildman–Crippen LogP) is 16.9. The van der Waals surface area contributed by atoms with Crippen LogP contribution in [-0.2, 0) is 91.8 Å². The molecule has 0 bridgehead atoms.